The van der Waals surface area contributed by atoms with Crippen LogP contribution >= 0.6 is 11.6 Å². The van der Waals surface area contributed by atoms with E-state index in [4.69, 9.17) is 16.3 Å². The Bertz CT molecular complexity index is 659. The fourth-order valence-electron chi connectivity index (χ4n) is 4.06. The Kier molecular flexibility index (Phi) is 5.14. The molecule has 1 aromatic carbocycles. The number of hydrogen-bond acceptors (Lipinski definition) is 3. The molecular weight excluding hydrogens is 324 g/mol. The highest BCUT2D eigenvalue weighted by atomic mass is 35.5. The Morgan fingerprint density at radius 2 is 2.17 bits per heavy atom. The van der Waals surface area contributed by atoms with Crippen molar-refractivity contribution in [3.8, 4) is 5.75 Å². The summed E-state index contributed by atoms with van der Waals surface area (Å²) >= 11 is 5.94. The number of benzene rings is 1. The van der Waals surface area contributed by atoms with Crippen LogP contribution in [0, 0.1) is 24.7 Å². The monoisotopic (exact) mass is 348 g/mol. The normalized spacial score (nSPS) is 27.2. The Morgan fingerprint density at radius 3 is 2.79 bits per heavy atom. The highest BCUT2D eigenvalue weighted by molar-refractivity contribution is 6.30. The van der Waals surface area contributed by atoms with E-state index in [0.29, 0.717) is 16.7 Å². The van der Waals surface area contributed by atoms with Gasteiger partial charge in [0.1, 0.15) is 5.75 Å². The minimum atomic E-state index is -0.610. The maximum Gasteiger partial charge on any atom is 0.280 e. The zero-order chi connectivity index (χ0) is 17.3. The lowest BCUT2D eigenvalue weighted by molar-refractivity contribution is -0.127. The first-order valence-electron chi connectivity index (χ1n) is 8.71. The SMILES string of the molecule is C/C(=N/NC(=O)[C@@H](C)Oc1ccc(Cl)cc1C)[C@@H]1C[C@@H]2CC[C@@H]1C2. The molecule has 1 aromatic rings. The van der Waals surface area contributed by atoms with Crippen molar-refractivity contribution in [1.82, 2.24) is 5.43 Å². The smallest absolute Gasteiger partial charge is 0.280 e. The molecule has 4 nitrogen and oxygen atoms in total. The summed E-state index contributed by atoms with van der Waals surface area (Å²) in [5.74, 6) is 2.61. The van der Waals surface area contributed by atoms with Crippen molar-refractivity contribution in [2.45, 2.75) is 52.6 Å². The fourth-order valence-corrected chi connectivity index (χ4v) is 4.29. The van der Waals surface area contributed by atoms with Crippen molar-refractivity contribution in [3.63, 3.8) is 0 Å². The number of hydrazone groups is 1. The number of carbonyl (C=O) groups excluding carboxylic acids is 1. The minimum Gasteiger partial charge on any atom is -0.481 e. The Balaban J connectivity index is 1.55. The summed E-state index contributed by atoms with van der Waals surface area (Å²) in [4.78, 5) is 12.2. The van der Waals surface area contributed by atoms with Gasteiger partial charge in [0.05, 0.1) is 0 Å². The number of ether oxygens (including phenoxy) is 1. The molecule has 1 N–H and O–H groups in total. The molecule has 3 rings (SSSR count). The molecular formula is C19H25ClN2O2. The maximum atomic E-state index is 12.2. The molecule has 0 unspecified atom stereocenters. The standard InChI is InChI=1S/C19H25ClN2O2/c1-11-8-16(20)6-7-18(11)24-13(3)19(23)22-21-12(2)17-10-14-4-5-15(17)9-14/h6-8,13-15,17H,4-5,9-10H2,1-3H3,(H,22,23)/b21-12-/t13-,14-,15-,17+/m1/s1. The van der Waals surface area contributed by atoms with Crippen LogP contribution in [0.15, 0.2) is 23.3 Å². The third-order valence-electron chi connectivity index (χ3n) is 5.43. The number of rotatable bonds is 5. The van der Waals surface area contributed by atoms with Crippen LogP contribution in [0.3, 0.4) is 0 Å². The number of fused-ring (bicyclic) bond motifs is 2. The first-order chi connectivity index (χ1) is 11.4. The molecule has 2 aliphatic carbocycles. The molecule has 0 aromatic heterocycles. The van der Waals surface area contributed by atoms with Gasteiger partial charge in [0, 0.05) is 16.7 Å². The quantitative estimate of drug-likeness (QED) is 0.635. The second-order valence-corrected chi connectivity index (χ2v) is 7.62. The lowest BCUT2D eigenvalue weighted by atomic mass is 9.86. The van der Waals surface area contributed by atoms with E-state index in [2.05, 4.69) is 10.5 Å². The van der Waals surface area contributed by atoms with Crippen molar-refractivity contribution in [2.24, 2.45) is 22.9 Å². The fraction of sp³-hybridized carbons (Fsp3) is 0.579. The number of nitrogens with zero attached hydrogens (tertiary/aromatic N) is 1. The van der Waals surface area contributed by atoms with Gasteiger partial charge in [-0.1, -0.05) is 18.0 Å². The highest BCUT2D eigenvalue weighted by Crippen LogP contribution is 2.48. The number of nitrogens with one attached hydrogen (secondary N) is 1. The van der Waals surface area contributed by atoms with E-state index in [1.54, 1.807) is 19.1 Å². The summed E-state index contributed by atoms with van der Waals surface area (Å²) in [5, 5.41) is 5.00. The first-order valence-corrected chi connectivity index (χ1v) is 9.08. The molecule has 24 heavy (non-hydrogen) atoms. The number of halogens is 1. The second kappa shape index (κ2) is 7.14. The van der Waals surface area contributed by atoms with Crippen LogP contribution in [0.2, 0.25) is 5.02 Å². The molecule has 0 aliphatic heterocycles. The molecule has 5 heteroatoms. The average molecular weight is 349 g/mol. The third kappa shape index (κ3) is 3.75. The summed E-state index contributed by atoms with van der Waals surface area (Å²) in [5.41, 5.74) is 4.62. The van der Waals surface area contributed by atoms with E-state index in [9.17, 15) is 4.79 Å². The van der Waals surface area contributed by atoms with Gasteiger partial charge in [0.15, 0.2) is 6.10 Å². The molecule has 1 amide bonds. The molecule has 0 radical (unpaired) electrons. The van der Waals surface area contributed by atoms with Crippen LogP contribution in [-0.2, 0) is 4.79 Å². The predicted molar refractivity (Wildman–Crippen MR) is 96.5 cm³/mol. The van der Waals surface area contributed by atoms with Gasteiger partial charge in [0.25, 0.3) is 5.91 Å². The first kappa shape index (κ1) is 17.3. The van der Waals surface area contributed by atoms with Gasteiger partial charge in [-0.2, -0.15) is 5.10 Å². The predicted octanol–water partition coefficient (Wildman–Crippen LogP) is 4.34. The number of carbonyl (C=O) groups is 1. The van der Waals surface area contributed by atoms with Crippen LogP contribution in [0.4, 0.5) is 0 Å². The van der Waals surface area contributed by atoms with E-state index < -0.39 is 6.10 Å². The molecule has 2 fully saturated rings. The van der Waals surface area contributed by atoms with Crippen LogP contribution in [0.5, 0.6) is 5.75 Å². The second-order valence-electron chi connectivity index (χ2n) is 7.18. The average Bonchev–Trinajstić information content (AvgIpc) is 3.17. The summed E-state index contributed by atoms with van der Waals surface area (Å²) in [6.07, 6.45) is 4.63. The number of aryl methyl sites for hydroxylation is 1. The summed E-state index contributed by atoms with van der Waals surface area (Å²) < 4.78 is 5.73. The Morgan fingerprint density at radius 1 is 1.38 bits per heavy atom. The number of hydrogen-bond donors (Lipinski definition) is 1. The van der Waals surface area contributed by atoms with Crippen molar-refractivity contribution < 1.29 is 9.53 Å². The molecule has 130 valence electrons. The van der Waals surface area contributed by atoms with Crippen molar-refractivity contribution in [3.05, 3.63) is 28.8 Å². The maximum absolute atomic E-state index is 12.2. The van der Waals surface area contributed by atoms with E-state index in [1.165, 1.54) is 25.7 Å². The van der Waals surface area contributed by atoms with Crippen LogP contribution in [-0.4, -0.2) is 17.7 Å². The van der Waals surface area contributed by atoms with E-state index in [-0.39, 0.29) is 5.91 Å². The lowest BCUT2D eigenvalue weighted by Gasteiger charge is -2.21. The van der Waals surface area contributed by atoms with Crippen LogP contribution in [0.1, 0.15) is 45.1 Å². The molecule has 0 heterocycles. The zero-order valence-electron chi connectivity index (χ0n) is 14.5. The van der Waals surface area contributed by atoms with Gasteiger partial charge < -0.3 is 4.74 Å². The van der Waals surface area contributed by atoms with E-state index in [1.807, 2.05) is 19.9 Å². The zero-order valence-corrected chi connectivity index (χ0v) is 15.3. The largest absolute Gasteiger partial charge is 0.481 e. The lowest BCUT2D eigenvalue weighted by Crippen LogP contribution is -2.34. The molecule has 0 saturated heterocycles. The van der Waals surface area contributed by atoms with Crippen LogP contribution in [0.25, 0.3) is 0 Å². The minimum absolute atomic E-state index is 0.230. The van der Waals surface area contributed by atoms with Crippen molar-refractivity contribution >= 4 is 23.2 Å². The van der Waals surface area contributed by atoms with Crippen molar-refractivity contribution in [1.29, 1.82) is 0 Å². The van der Waals surface area contributed by atoms with Gasteiger partial charge in [-0.15, -0.1) is 0 Å². The number of amides is 1. The van der Waals surface area contributed by atoms with E-state index >= 15 is 0 Å². The summed E-state index contributed by atoms with van der Waals surface area (Å²) in [6.45, 7) is 5.66. The topological polar surface area (TPSA) is 50.7 Å². The van der Waals surface area contributed by atoms with E-state index in [0.717, 1.165) is 23.1 Å². The molecule has 2 saturated carbocycles. The molecule has 4 atom stereocenters. The van der Waals surface area contributed by atoms with Gasteiger partial charge in [-0.25, -0.2) is 5.43 Å². The van der Waals surface area contributed by atoms with Gasteiger partial charge >= 0.3 is 0 Å². The van der Waals surface area contributed by atoms with Gasteiger partial charge in [-0.3, -0.25) is 4.79 Å². The van der Waals surface area contributed by atoms with Crippen molar-refractivity contribution in [2.75, 3.05) is 0 Å². The highest BCUT2D eigenvalue weighted by Gasteiger charge is 2.40. The summed E-state index contributed by atoms with van der Waals surface area (Å²) in [7, 11) is 0. The van der Waals surface area contributed by atoms with Gasteiger partial charge in [-0.05, 0) is 75.6 Å². The Hall–Kier alpha value is -1.55. The molecule has 2 bridgehead atoms. The molecule has 2 aliphatic rings. The van der Waals surface area contributed by atoms with Crippen LogP contribution < -0.4 is 10.2 Å². The van der Waals surface area contributed by atoms with Gasteiger partial charge in [0.2, 0.25) is 0 Å². The molecule has 0 spiro atoms. The summed E-state index contributed by atoms with van der Waals surface area (Å²) in [6, 6.07) is 5.36. The third-order valence-corrected chi connectivity index (χ3v) is 5.66. The Labute approximate surface area is 148 Å².